The summed E-state index contributed by atoms with van der Waals surface area (Å²) >= 11 is 0. The molecule has 8 aromatic carbocycles. The van der Waals surface area contributed by atoms with E-state index in [1.807, 2.05) is 194 Å². The molecule has 0 fully saturated rings. The van der Waals surface area contributed by atoms with Gasteiger partial charge in [0, 0.05) is 33.0 Å². The van der Waals surface area contributed by atoms with E-state index in [2.05, 4.69) is 0 Å². The van der Waals surface area contributed by atoms with Crippen molar-refractivity contribution >= 4 is 79.4 Å². The Hall–Kier alpha value is -8.62. The van der Waals surface area contributed by atoms with Crippen LogP contribution in [0.25, 0.3) is 33.1 Å². The van der Waals surface area contributed by atoms with Crippen molar-refractivity contribution in [1.29, 1.82) is 0 Å². The van der Waals surface area contributed by atoms with Gasteiger partial charge in [0.2, 0.25) is 0 Å². The quantitative estimate of drug-likeness (QED) is 0.143. The number of nitrogens with zero attached hydrogens (tertiary/aromatic N) is 4. The van der Waals surface area contributed by atoms with Crippen LogP contribution in [0, 0.1) is 0 Å². The maximum atomic E-state index is 15.3. The van der Waals surface area contributed by atoms with Gasteiger partial charge in [0.05, 0.1) is 71.2 Å². The van der Waals surface area contributed by atoms with Gasteiger partial charge < -0.3 is 19.6 Å². The molecule has 66 heavy (non-hydrogen) atoms. The highest BCUT2D eigenvalue weighted by atomic mass is 16.2. The van der Waals surface area contributed by atoms with Gasteiger partial charge in [-0.2, -0.15) is 0 Å². The maximum Gasteiger partial charge on any atom is 0.260 e. The lowest BCUT2D eigenvalue weighted by molar-refractivity contribution is -0.114. The fourth-order valence-corrected chi connectivity index (χ4v) is 10.3. The van der Waals surface area contributed by atoms with Crippen molar-refractivity contribution in [2.75, 3.05) is 19.6 Å². The summed E-state index contributed by atoms with van der Waals surface area (Å²) in [5.74, 6) is -1.01. The van der Waals surface area contributed by atoms with Gasteiger partial charge in [0.25, 0.3) is 23.6 Å². The zero-order valence-corrected chi connectivity index (χ0v) is 35.7. The molecule has 4 aliphatic rings. The smallest absolute Gasteiger partial charge is 0.260 e. The molecule has 12 rings (SSSR count). The van der Waals surface area contributed by atoms with Crippen LogP contribution in [0.3, 0.4) is 0 Å². The number of para-hydroxylation sites is 2. The summed E-state index contributed by atoms with van der Waals surface area (Å²) in [6.07, 6.45) is 0. The normalized spacial score (nSPS) is 17.3. The molecule has 4 heterocycles. The lowest BCUT2D eigenvalue weighted by Gasteiger charge is -2.22. The first-order chi connectivity index (χ1) is 32.4. The Balaban J connectivity index is 1.08. The first-order valence-electron chi connectivity index (χ1n) is 22.2. The molecule has 8 heteroatoms. The Bertz CT molecular complexity index is 3170. The van der Waals surface area contributed by atoms with E-state index in [0.717, 1.165) is 44.4 Å². The summed E-state index contributed by atoms with van der Waals surface area (Å²) in [4.78, 5) is 67.5. The number of amides is 4. The molecule has 0 radical (unpaired) electrons. The Morgan fingerprint density at radius 3 is 0.879 bits per heavy atom. The van der Waals surface area contributed by atoms with Crippen LogP contribution in [0.1, 0.15) is 44.5 Å². The fourth-order valence-electron chi connectivity index (χ4n) is 10.3. The number of carbonyl (C=O) groups is 4. The molecule has 0 atom stereocenters. The number of rotatable bonds is 8. The van der Waals surface area contributed by atoms with Gasteiger partial charge in [-0.3, -0.25) is 19.2 Å². The summed E-state index contributed by atoms with van der Waals surface area (Å²) < 4.78 is 0. The van der Waals surface area contributed by atoms with Crippen molar-refractivity contribution in [3.63, 3.8) is 0 Å². The summed E-state index contributed by atoms with van der Waals surface area (Å²) in [5.41, 5.74) is 10.8. The summed E-state index contributed by atoms with van der Waals surface area (Å²) in [7, 11) is 0. The lowest BCUT2D eigenvalue weighted by atomic mass is 9.92. The maximum absolute atomic E-state index is 15.3. The van der Waals surface area contributed by atoms with Crippen LogP contribution in [0.4, 0.5) is 22.7 Å². The SMILES string of the molecule is O=C1/C(=C2/C(=O)N(Cc3ccccc3)c3c2ccc2c4c(ccc32)/C(=C2\C(=O)N(Cc3ccccc3)c3ccccc32)C(=O)N4Cc2ccccc2)c2ccccc2N1Cc1ccccc1. The van der Waals surface area contributed by atoms with Crippen LogP contribution < -0.4 is 19.6 Å². The monoisotopic (exact) mass is 856 g/mol. The second-order valence-corrected chi connectivity index (χ2v) is 17.1. The highest BCUT2D eigenvalue weighted by Gasteiger charge is 2.46. The zero-order valence-electron chi connectivity index (χ0n) is 35.7. The molecule has 0 unspecified atom stereocenters. The topological polar surface area (TPSA) is 81.2 Å². The van der Waals surface area contributed by atoms with Crippen LogP contribution in [0.15, 0.2) is 194 Å². The molecule has 4 amide bonds. The Morgan fingerprint density at radius 1 is 0.258 bits per heavy atom. The summed E-state index contributed by atoms with van der Waals surface area (Å²) in [6.45, 7) is 1.22. The molecule has 0 N–H and O–H groups in total. The van der Waals surface area contributed by atoms with Gasteiger partial charge in [-0.15, -0.1) is 0 Å². The molecule has 4 aliphatic heterocycles. The van der Waals surface area contributed by atoms with E-state index >= 15 is 9.59 Å². The predicted molar refractivity (Wildman–Crippen MR) is 261 cm³/mol. The third-order valence-corrected chi connectivity index (χ3v) is 13.2. The molecule has 0 saturated carbocycles. The molecule has 8 nitrogen and oxygen atoms in total. The molecule has 0 aromatic heterocycles. The molecule has 0 spiro atoms. The van der Waals surface area contributed by atoms with Gasteiger partial charge in [0.15, 0.2) is 0 Å². The number of benzene rings is 8. The molecule has 0 aliphatic carbocycles. The van der Waals surface area contributed by atoms with E-state index in [1.165, 1.54) is 0 Å². The van der Waals surface area contributed by atoms with Crippen molar-refractivity contribution in [2.24, 2.45) is 0 Å². The number of hydrogen-bond donors (Lipinski definition) is 0. The molecule has 8 aromatic rings. The Morgan fingerprint density at radius 2 is 0.530 bits per heavy atom. The second-order valence-electron chi connectivity index (χ2n) is 17.1. The second kappa shape index (κ2) is 15.6. The van der Waals surface area contributed by atoms with Gasteiger partial charge in [-0.1, -0.05) is 182 Å². The minimum absolute atomic E-state index is 0.233. The van der Waals surface area contributed by atoms with Crippen LogP contribution in [-0.2, 0) is 45.4 Å². The van der Waals surface area contributed by atoms with Gasteiger partial charge in [-0.05, 0) is 34.4 Å². The Labute approximate surface area is 381 Å². The fraction of sp³-hybridized carbons (Fsp3) is 0.0690. The molecular weight excluding hydrogens is 817 g/mol. The van der Waals surface area contributed by atoms with Crippen molar-refractivity contribution < 1.29 is 19.2 Å². The lowest BCUT2D eigenvalue weighted by Crippen LogP contribution is -2.29. The van der Waals surface area contributed by atoms with E-state index in [9.17, 15) is 9.59 Å². The average Bonchev–Trinajstić information content (AvgIpc) is 3.99. The molecule has 0 bridgehead atoms. The van der Waals surface area contributed by atoms with E-state index in [1.54, 1.807) is 19.6 Å². The van der Waals surface area contributed by atoms with Crippen LogP contribution >= 0.6 is 0 Å². The van der Waals surface area contributed by atoms with Crippen LogP contribution in [-0.4, -0.2) is 23.6 Å². The highest BCUT2D eigenvalue weighted by Crippen LogP contribution is 2.54. The largest absolute Gasteiger partial charge is 0.303 e. The van der Waals surface area contributed by atoms with Crippen molar-refractivity contribution in [3.8, 4) is 0 Å². The van der Waals surface area contributed by atoms with Crippen LogP contribution in [0.2, 0.25) is 0 Å². The predicted octanol–water partition coefficient (Wildman–Crippen LogP) is 10.8. The van der Waals surface area contributed by atoms with Gasteiger partial charge >= 0.3 is 0 Å². The van der Waals surface area contributed by atoms with Gasteiger partial charge in [-0.25, -0.2) is 0 Å². The van der Waals surface area contributed by atoms with Crippen molar-refractivity contribution in [3.05, 3.63) is 239 Å². The van der Waals surface area contributed by atoms with Gasteiger partial charge in [0.1, 0.15) is 0 Å². The average molecular weight is 857 g/mol. The van der Waals surface area contributed by atoms with Crippen molar-refractivity contribution in [1.82, 2.24) is 0 Å². The zero-order chi connectivity index (χ0) is 44.5. The van der Waals surface area contributed by atoms with E-state index in [0.29, 0.717) is 69.0 Å². The number of fused-ring (bicyclic) bond motifs is 7. The molecular formula is C58H40N4O4. The molecule has 316 valence electrons. The third-order valence-electron chi connectivity index (χ3n) is 13.2. The first-order valence-corrected chi connectivity index (χ1v) is 22.2. The minimum Gasteiger partial charge on any atom is -0.303 e. The summed E-state index contributed by atoms with van der Waals surface area (Å²) in [5, 5.41) is 1.51. The number of hydrogen-bond acceptors (Lipinski definition) is 4. The molecule has 0 saturated heterocycles. The number of carbonyl (C=O) groups excluding carboxylic acids is 4. The highest BCUT2D eigenvalue weighted by molar-refractivity contribution is 6.52. The first kappa shape index (κ1) is 39.0. The standard InChI is InChI=1S/C58H40N4O4/c63-55-49(43-25-13-15-27-47(43)59(55)33-37-17-5-1-6-18-37)51-45-31-29-42-41(53(45)61(57(51)65)35-39-21-9-3-10-22-39)30-32-46-52(58(66)62(54(42)46)36-40-23-11-4-12-24-40)50-44-26-14-16-28-48(44)60(56(50)64)34-38-19-7-2-8-20-38/h1-32H,33-36H2/b51-49+,52-50+. The Kier molecular flexibility index (Phi) is 9.20. The minimum atomic E-state index is -0.270. The summed E-state index contributed by atoms with van der Waals surface area (Å²) in [6, 6.07) is 62.6. The van der Waals surface area contributed by atoms with Crippen molar-refractivity contribution in [2.45, 2.75) is 26.2 Å². The number of anilines is 4. The third kappa shape index (κ3) is 6.14. The van der Waals surface area contributed by atoms with E-state index < -0.39 is 0 Å². The van der Waals surface area contributed by atoms with Crippen LogP contribution in [0.5, 0.6) is 0 Å². The van der Waals surface area contributed by atoms with E-state index in [4.69, 9.17) is 0 Å². The van der Waals surface area contributed by atoms with E-state index in [-0.39, 0.29) is 36.7 Å².